The fourth-order valence-corrected chi connectivity index (χ4v) is 1.44. The standard InChI is InChI=1S/C9H16O/c1-3-4-5-6-8-7(2)9(8)10/h7-8H,3-6H2,1-2H3. The van der Waals surface area contributed by atoms with Crippen molar-refractivity contribution in [2.45, 2.75) is 39.5 Å². The lowest BCUT2D eigenvalue weighted by atomic mass is 10.1. The van der Waals surface area contributed by atoms with Crippen molar-refractivity contribution in [2.24, 2.45) is 11.8 Å². The minimum absolute atomic E-state index is 0.400. The van der Waals surface area contributed by atoms with Crippen LogP contribution in [-0.2, 0) is 4.79 Å². The molecule has 0 N–H and O–H groups in total. The van der Waals surface area contributed by atoms with Crippen LogP contribution in [0, 0.1) is 11.8 Å². The van der Waals surface area contributed by atoms with E-state index in [0.717, 1.165) is 6.42 Å². The lowest BCUT2D eigenvalue weighted by Gasteiger charge is -1.92. The molecule has 0 radical (unpaired) electrons. The number of rotatable bonds is 4. The molecule has 1 heteroatoms. The Kier molecular flexibility index (Phi) is 2.47. The Morgan fingerprint density at radius 3 is 2.40 bits per heavy atom. The highest BCUT2D eigenvalue weighted by Gasteiger charge is 2.43. The van der Waals surface area contributed by atoms with E-state index in [0.29, 0.717) is 17.6 Å². The Hall–Kier alpha value is -0.330. The molecule has 1 aliphatic rings. The first-order valence-corrected chi connectivity index (χ1v) is 4.31. The van der Waals surface area contributed by atoms with E-state index in [1.54, 1.807) is 0 Å². The maximum atomic E-state index is 10.8. The van der Waals surface area contributed by atoms with E-state index in [9.17, 15) is 4.79 Å². The summed E-state index contributed by atoms with van der Waals surface area (Å²) in [6.45, 7) is 4.23. The van der Waals surface area contributed by atoms with Crippen LogP contribution >= 0.6 is 0 Å². The van der Waals surface area contributed by atoms with Gasteiger partial charge in [0.25, 0.3) is 0 Å². The second-order valence-electron chi connectivity index (χ2n) is 3.29. The van der Waals surface area contributed by atoms with Gasteiger partial charge in [0.2, 0.25) is 0 Å². The van der Waals surface area contributed by atoms with Crippen LogP contribution in [0.5, 0.6) is 0 Å². The summed E-state index contributed by atoms with van der Waals surface area (Å²) in [4.78, 5) is 10.8. The van der Waals surface area contributed by atoms with Crippen molar-refractivity contribution in [2.75, 3.05) is 0 Å². The van der Waals surface area contributed by atoms with Gasteiger partial charge in [-0.25, -0.2) is 0 Å². The fraction of sp³-hybridized carbons (Fsp3) is 0.889. The number of Topliss-reactive ketones (excluding diaryl/α,β-unsaturated/α-hetero) is 1. The van der Waals surface area contributed by atoms with Crippen LogP contribution in [-0.4, -0.2) is 5.78 Å². The number of unbranched alkanes of at least 4 members (excludes halogenated alkanes) is 2. The smallest absolute Gasteiger partial charge is 0.140 e. The molecule has 0 amide bonds. The normalized spacial score (nSPS) is 30.8. The molecular formula is C9H16O. The second-order valence-corrected chi connectivity index (χ2v) is 3.29. The molecule has 1 nitrogen and oxygen atoms in total. The molecule has 10 heavy (non-hydrogen) atoms. The molecule has 1 aliphatic carbocycles. The number of carbonyl (C=O) groups excluding carboxylic acids is 1. The summed E-state index contributed by atoms with van der Waals surface area (Å²) in [6, 6.07) is 0. The van der Waals surface area contributed by atoms with E-state index < -0.39 is 0 Å². The number of hydrogen-bond donors (Lipinski definition) is 0. The van der Waals surface area contributed by atoms with E-state index in [2.05, 4.69) is 6.92 Å². The molecule has 58 valence electrons. The van der Waals surface area contributed by atoms with Gasteiger partial charge in [-0.3, -0.25) is 4.79 Å². The van der Waals surface area contributed by atoms with E-state index in [-0.39, 0.29) is 0 Å². The van der Waals surface area contributed by atoms with Crippen molar-refractivity contribution in [1.82, 2.24) is 0 Å². The van der Waals surface area contributed by atoms with Gasteiger partial charge in [0.1, 0.15) is 5.78 Å². The predicted octanol–water partition coefficient (Wildman–Crippen LogP) is 2.40. The van der Waals surface area contributed by atoms with Gasteiger partial charge in [0.05, 0.1) is 0 Å². The first-order chi connectivity index (χ1) is 4.77. The largest absolute Gasteiger partial charge is 0.299 e. The summed E-state index contributed by atoms with van der Waals surface area (Å²) in [5, 5.41) is 0. The third-order valence-corrected chi connectivity index (χ3v) is 2.43. The summed E-state index contributed by atoms with van der Waals surface area (Å²) in [5.74, 6) is 1.35. The average molecular weight is 140 g/mol. The Labute approximate surface area is 62.8 Å². The maximum Gasteiger partial charge on any atom is 0.140 e. The third-order valence-electron chi connectivity index (χ3n) is 2.43. The molecular weight excluding hydrogens is 124 g/mol. The summed E-state index contributed by atoms with van der Waals surface area (Å²) in [6.07, 6.45) is 4.94. The summed E-state index contributed by atoms with van der Waals surface area (Å²) < 4.78 is 0. The minimum Gasteiger partial charge on any atom is -0.299 e. The van der Waals surface area contributed by atoms with Crippen LogP contribution in [0.3, 0.4) is 0 Å². The number of ketones is 1. The van der Waals surface area contributed by atoms with E-state index >= 15 is 0 Å². The van der Waals surface area contributed by atoms with Crippen LogP contribution in [0.4, 0.5) is 0 Å². The first kappa shape index (κ1) is 7.77. The Balaban J connectivity index is 2.01. The monoisotopic (exact) mass is 140 g/mol. The van der Waals surface area contributed by atoms with Crippen LogP contribution in [0.1, 0.15) is 39.5 Å². The highest BCUT2D eigenvalue weighted by Crippen LogP contribution is 2.36. The lowest BCUT2D eigenvalue weighted by Crippen LogP contribution is -1.81. The van der Waals surface area contributed by atoms with Crippen LogP contribution in [0.2, 0.25) is 0 Å². The molecule has 0 saturated heterocycles. The Bertz CT molecular complexity index is 129. The van der Waals surface area contributed by atoms with Crippen molar-refractivity contribution in [3.8, 4) is 0 Å². The zero-order valence-corrected chi connectivity index (χ0v) is 6.89. The van der Waals surface area contributed by atoms with Crippen LogP contribution < -0.4 is 0 Å². The molecule has 1 saturated carbocycles. The molecule has 0 aromatic heterocycles. The van der Waals surface area contributed by atoms with Crippen molar-refractivity contribution < 1.29 is 4.79 Å². The molecule has 0 aliphatic heterocycles. The van der Waals surface area contributed by atoms with Gasteiger partial charge >= 0.3 is 0 Å². The molecule has 0 aromatic rings. The van der Waals surface area contributed by atoms with Gasteiger partial charge in [-0.2, -0.15) is 0 Å². The molecule has 2 atom stereocenters. The topological polar surface area (TPSA) is 17.1 Å². The zero-order valence-electron chi connectivity index (χ0n) is 6.89. The highest BCUT2D eigenvalue weighted by molar-refractivity contribution is 5.98. The zero-order chi connectivity index (χ0) is 7.56. The molecule has 1 fully saturated rings. The predicted molar refractivity (Wildman–Crippen MR) is 41.8 cm³/mol. The van der Waals surface area contributed by atoms with Crippen molar-refractivity contribution in [3.05, 3.63) is 0 Å². The second kappa shape index (κ2) is 3.18. The molecule has 0 heterocycles. The van der Waals surface area contributed by atoms with Gasteiger partial charge in [-0.05, 0) is 6.42 Å². The van der Waals surface area contributed by atoms with Gasteiger partial charge in [0.15, 0.2) is 0 Å². The molecule has 0 bridgehead atoms. The van der Waals surface area contributed by atoms with Gasteiger partial charge in [-0.15, -0.1) is 0 Å². The first-order valence-electron chi connectivity index (χ1n) is 4.31. The number of carbonyl (C=O) groups is 1. The molecule has 0 spiro atoms. The highest BCUT2D eigenvalue weighted by atomic mass is 16.1. The summed E-state index contributed by atoms with van der Waals surface area (Å²) in [7, 11) is 0. The van der Waals surface area contributed by atoms with Crippen LogP contribution in [0.25, 0.3) is 0 Å². The van der Waals surface area contributed by atoms with Gasteiger partial charge in [0, 0.05) is 11.8 Å². The van der Waals surface area contributed by atoms with Crippen molar-refractivity contribution in [3.63, 3.8) is 0 Å². The van der Waals surface area contributed by atoms with E-state index in [1.165, 1.54) is 19.3 Å². The summed E-state index contributed by atoms with van der Waals surface area (Å²) in [5.41, 5.74) is 0. The minimum atomic E-state index is 0.400. The molecule has 0 aromatic carbocycles. The van der Waals surface area contributed by atoms with E-state index in [1.807, 2.05) is 6.92 Å². The fourth-order valence-electron chi connectivity index (χ4n) is 1.44. The van der Waals surface area contributed by atoms with Gasteiger partial charge in [-0.1, -0.05) is 33.1 Å². The SMILES string of the molecule is CCCCCC1C(=O)C1C. The number of hydrogen-bond acceptors (Lipinski definition) is 1. The third kappa shape index (κ3) is 1.59. The maximum absolute atomic E-state index is 10.8. The van der Waals surface area contributed by atoms with E-state index in [4.69, 9.17) is 0 Å². The van der Waals surface area contributed by atoms with Crippen molar-refractivity contribution >= 4 is 5.78 Å². The molecule has 1 rings (SSSR count). The Morgan fingerprint density at radius 1 is 1.40 bits per heavy atom. The summed E-state index contributed by atoms with van der Waals surface area (Å²) >= 11 is 0. The molecule has 2 unspecified atom stereocenters. The van der Waals surface area contributed by atoms with Crippen LogP contribution in [0.15, 0.2) is 0 Å². The van der Waals surface area contributed by atoms with Crippen molar-refractivity contribution in [1.29, 1.82) is 0 Å². The quantitative estimate of drug-likeness (QED) is 0.548. The Morgan fingerprint density at radius 2 is 2.00 bits per heavy atom. The average Bonchev–Trinajstić information content (AvgIpc) is 2.46. The van der Waals surface area contributed by atoms with Gasteiger partial charge < -0.3 is 0 Å². The lowest BCUT2D eigenvalue weighted by molar-refractivity contribution is -0.112.